The lowest BCUT2D eigenvalue weighted by atomic mass is 9.93. The summed E-state index contributed by atoms with van der Waals surface area (Å²) >= 11 is 1.88. The van der Waals surface area contributed by atoms with E-state index in [0.717, 1.165) is 0 Å². The second-order valence-electron chi connectivity index (χ2n) is 7.04. The fourth-order valence-corrected chi connectivity index (χ4v) is 5.31. The highest BCUT2D eigenvalue weighted by molar-refractivity contribution is 7.19. The number of thiophene rings is 1. The van der Waals surface area contributed by atoms with Gasteiger partial charge < -0.3 is 0 Å². The van der Waals surface area contributed by atoms with E-state index in [-0.39, 0.29) is 0 Å². The van der Waals surface area contributed by atoms with Crippen LogP contribution in [0.5, 0.6) is 0 Å². The Kier molecular flexibility index (Phi) is 2.78. The Morgan fingerprint density at radius 1 is 0.500 bits per heavy atom. The first-order valence-electron chi connectivity index (χ1n) is 8.96. The van der Waals surface area contributed by atoms with Gasteiger partial charge in [0.25, 0.3) is 0 Å². The first kappa shape index (κ1) is 14.3. The summed E-state index contributed by atoms with van der Waals surface area (Å²) in [6.45, 7) is 2.19. The average molecular weight is 348 g/mol. The highest BCUT2D eigenvalue weighted by Gasteiger charge is 2.10. The Labute approximate surface area is 155 Å². The molecule has 1 heterocycles. The van der Waals surface area contributed by atoms with Gasteiger partial charge in [0.05, 0.1) is 0 Å². The molecule has 0 radical (unpaired) electrons. The van der Waals surface area contributed by atoms with Crippen molar-refractivity contribution < 1.29 is 0 Å². The molecule has 0 N–H and O–H groups in total. The van der Waals surface area contributed by atoms with Crippen molar-refractivity contribution in [3.05, 3.63) is 83.7 Å². The lowest BCUT2D eigenvalue weighted by Crippen LogP contribution is -1.83. The van der Waals surface area contributed by atoms with E-state index in [1.54, 1.807) is 0 Å². The molecule has 6 rings (SSSR count). The van der Waals surface area contributed by atoms with Gasteiger partial charge in [0, 0.05) is 15.0 Å². The topological polar surface area (TPSA) is 0 Å². The van der Waals surface area contributed by atoms with Crippen LogP contribution in [0.1, 0.15) is 4.88 Å². The number of hydrogen-bond donors (Lipinski definition) is 0. The molecule has 0 aliphatic heterocycles. The van der Waals surface area contributed by atoms with Crippen molar-refractivity contribution >= 4 is 64.5 Å². The molecular formula is C25H16S. The lowest BCUT2D eigenvalue weighted by molar-refractivity contribution is 1.66. The Morgan fingerprint density at radius 3 is 1.77 bits per heavy atom. The molecule has 0 atom stereocenters. The van der Waals surface area contributed by atoms with Gasteiger partial charge in [-0.1, -0.05) is 66.7 Å². The molecule has 1 heteroatoms. The molecule has 0 unspecified atom stereocenters. The zero-order valence-electron chi connectivity index (χ0n) is 14.4. The quantitative estimate of drug-likeness (QED) is 0.245. The average Bonchev–Trinajstić information content (AvgIpc) is 3.07. The maximum absolute atomic E-state index is 2.32. The van der Waals surface area contributed by atoms with Crippen molar-refractivity contribution in [3.8, 4) is 0 Å². The summed E-state index contributed by atoms with van der Waals surface area (Å²) in [5, 5.41) is 12.1. The molecule has 0 spiro atoms. The zero-order chi connectivity index (χ0) is 17.3. The first-order valence-corrected chi connectivity index (χ1v) is 9.77. The second kappa shape index (κ2) is 5.06. The highest BCUT2D eigenvalue weighted by Crippen LogP contribution is 2.38. The van der Waals surface area contributed by atoms with E-state index in [1.165, 1.54) is 58.1 Å². The summed E-state index contributed by atoms with van der Waals surface area (Å²) in [5.74, 6) is 0. The van der Waals surface area contributed by atoms with Gasteiger partial charge in [-0.15, -0.1) is 11.3 Å². The third-order valence-electron chi connectivity index (χ3n) is 5.54. The highest BCUT2D eigenvalue weighted by atomic mass is 32.1. The van der Waals surface area contributed by atoms with Gasteiger partial charge in [0.1, 0.15) is 0 Å². The van der Waals surface area contributed by atoms with Gasteiger partial charge in [0.2, 0.25) is 0 Å². The second-order valence-corrected chi connectivity index (χ2v) is 8.33. The van der Waals surface area contributed by atoms with Gasteiger partial charge in [-0.3, -0.25) is 0 Å². The molecule has 122 valence electrons. The predicted molar refractivity (Wildman–Crippen MR) is 117 cm³/mol. The first-order chi connectivity index (χ1) is 12.8. The Hall–Kier alpha value is -2.90. The number of rotatable bonds is 0. The van der Waals surface area contributed by atoms with Gasteiger partial charge >= 0.3 is 0 Å². The minimum absolute atomic E-state index is 1.30. The lowest BCUT2D eigenvalue weighted by Gasteiger charge is -2.10. The summed E-state index contributed by atoms with van der Waals surface area (Å²) < 4.78 is 1.38. The predicted octanol–water partition coefficient (Wildman–Crippen LogP) is 7.82. The zero-order valence-corrected chi connectivity index (χ0v) is 15.2. The summed E-state index contributed by atoms with van der Waals surface area (Å²) in [6.07, 6.45) is 0. The largest absolute Gasteiger partial charge is 0.141 e. The van der Waals surface area contributed by atoms with Crippen molar-refractivity contribution in [2.24, 2.45) is 0 Å². The molecule has 0 fully saturated rings. The van der Waals surface area contributed by atoms with Crippen LogP contribution in [-0.4, -0.2) is 0 Å². The monoisotopic (exact) mass is 348 g/mol. The summed E-state index contributed by atoms with van der Waals surface area (Å²) in [6, 6.07) is 29.3. The van der Waals surface area contributed by atoms with Crippen LogP contribution in [0.4, 0.5) is 0 Å². The van der Waals surface area contributed by atoms with Gasteiger partial charge in [-0.25, -0.2) is 0 Å². The normalized spacial score (nSPS) is 12.0. The van der Waals surface area contributed by atoms with E-state index < -0.39 is 0 Å². The summed E-state index contributed by atoms with van der Waals surface area (Å²) in [5.41, 5.74) is 0. The van der Waals surface area contributed by atoms with Crippen molar-refractivity contribution in [2.75, 3.05) is 0 Å². The molecule has 0 saturated carbocycles. The fraction of sp³-hybridized carbons (Fsp3) is 0.0400. The van der Waals surface area contributed by atoms with Gasteiger partial charge in [0.15, 0.2) is 0 Å². The van der Waals surface area contributed by atoms with Crippen LogP contribution in [0, 0.1) is 6.92 Å². The maximum atomic E-state index is 2.32. The standard InChI is InChI=1S/C25H16S/c1-15-14-24-23-11-10-20-19-7-6-16-4-2-3-5-17(16)18(19)8-9-21(20)22(23)12-13-25(24)26-15/h2-14H,1H3. The smallest absolute Gasteiger partial charge is 0.0352 e. The van der Waals surface area contributed by atoms with E-state index in [0.29, 0.717) is 0 Å². The van der Waals surface area contributed by atoms with Crippen LogP contribution in [-0.2, 0) is 0 Å². The molecule has 0 saturated heterocycles. The van der Waals surface area contributed by atoms with Crippen LogP contribution >= 0.6 is 11.3 Å². The Balaban J connectivity index is 1.81. The molecule has 1 aromatic heterocycles. The number of benzene rings is 5. The van der Waals surface area contributed by atoms with Crippen molar-refractivity contribution in [1.29, 1.82) is 0 Å². The van der Waals surface area contributed by atoms with Crippen LogP contribution in [0.3, 0.4) is 0 Å². The molecule has 0 amide bonds. The van der Waals surface area contributed by atoms with Gasteiger partial charge in [-0.2, -0.15) is 0 Å². The van der Waals surface area contributed by atoms with Crippen molar-refractivity contribution in [2.45, 2.75) is 6.92 Å². The maximum Gasteiger partial charge on any atom is 0.0352 e. The van der Waals surface area contributed by atoms with Crippen molar-refractivity contribution in [3.63, 3.8) is 0 Å². The van der Waals surface area contributed by atoms with Crippen LogP contribution in [0.15, 0.2) is 78.9 Å². The van der Waals surface area contributed by atoms with E-state index in [9.17, 15) is 0 Å². The number of hydrogen-bond acceptors (Lipinski definition) is 1. The van der Waals surface area contributed by atoms with E-state index >= 15 is 0 Å². The molecule has 0 aliphatic rings. The SMILES string of the molecule is Cc1cc2c(ccc3c2ccc2c4ccc5ccccc5c4ccc32)s1. The molecular weight excluding hydrogens is 332 g/mol. The Morgan fingerprint density at radius 2 is 1.04 bits per heavy atom. The fourth-order valence-electron chi connectivity index (χ4n) is 4.37. The van der Waals surface area contributed by atoms with E-state index in [4.69, 9.17) is 0 Å². The summed E-state index contributed by atoms with van der Waals surface area (Å²) in [7, 11) is 0. The van der Waals surface area contributed by atoms with Crippen molar-refractivity contribution in [1.82, 2.24) is 0 Å². The van der Waals surface area contributed by atoms with Crippen LogP contribution in [0.25, 0.3) is 53.2 Å². The van der Waals surface area contributed by atoms with Crippen LogP contribution < -0.4 is 0 Å². The third kappa shape index (κ3) is 1.84. The number of fused-ring (bicyclic) bond motifs is 9. The minimum Gasteiger partial charge on any atom is -0.141 e. The molecule has 0 bridgehead atoms. The molecule has 5 aromatic carbocycles. The summed E-state index contributed by atoms with van der Waals surface area (Å²) in [4.78, 5) is 1.37. The van der Waals surface area contributed by atoms with E-state index in [1.807, 2.05) is 11.3 Å². The third-order valence-corrected chi connectivity index (χ3v) is 6.56. The van der Waals surface area contributed by atoms with Gasteiger partial charge in [-0.05, 0) is 62.1 Å². The molecule has 0 nitrogen and oxygen atoms in total. The molecule has 6 aromatic rings. The van der Waals surface area contributed by atoms with E-state index in [2.05, 4.69) is 85.8 Å². The molecule has 0 aliphatic carbocycles. The minimum atomic E-state index is 1.30. The Bertz CT molecular complexity index is 1480. The molecule has 26 heavy (non-hydrogen) atoms. The van der Waals surface area contributed by atoms with Crippen LogP contribution in [0.2, 0.25) is 0 Å². The number of aryl methyl sites for hydroxylation is 1.